The Balaban J connectivity index is 3.00. The summed E-state index contributed by atoms with van der Waals surface area (Å²) in [6, 6.07) is 2.48. The molecule has 6 nitrogen and oxygen atoms in total. The van der Waals surface area contributed by atoms with Gasteiger partial charge in [-0.1, -0.05) is 0 Å². The predicted molar refractivity (Wildman–Crippen MR) is 38.7 cm³/mol. The molecule has 0 spiro atoms. The van der Waals surface area contributed by atoms with Crippen molar-refractivity contribution in [1.82, 2.24) is 4.98 Å². The van der Waals surface area contributed by atoms with Gasteiger partial charge in [-0.15, -0.1) is 4.99 Å². The Morgan fingerprint density at radius 2 is 2.33 bits per heavy atom. The molecule has 1 heterocycles. The monoisotopic (exact) mass is 165 g/mol. The zero-order valence-corrected chi connectivity index (χ0v) is 5.80. The van der Waals surface area contributed by atoms with Crippen molar-refractivity contribution < 1.29 is 9.72 Å². The van der Waals surface area contributed by atoms with Crippen molar-refractivity contribution in [3.05, 3.63) is 28.4 Å². The summed E-state index contributed by atoms with van der Waals surface area (Å²) in [7, 11) is 0. The zero-order chi connectivity index (χ0) is 8.97. The Labute approximate surface area is 66.7 Å². The average Bonchev–Trinajstić information content (AvgIpc) is 2.06. The van der Waals surface area contributed by atoms with Crippen LogP contribution in [-0.2, 0) is 4.79 Å². The molecule has 1 rings (SSSR count). The molecule has 0 aliphatic heterocycles. The largest absolute Gasteiger partial charge is 0.287 e. The molecule has 0 aliphatic carbocycles. The predicted octanol–water partition coefficient (Wildman–Crippen LogP) is 0.957. The second-order valence-electron chi connectivity index (χ2n) is 1.83. The Morgan fingerprint density at radius 3 is 2.75 bits per heavy atom. The van der Waals surface area contributed by atoms with Crippen molar-refractivity contribution in [2.75, 3.05) is 0 Å². The fourth-order valence-corrected chi connectivity index (χ4v) is 0.599. The quantitative estimate of drug-likeness (QED) is 0.282. The van der Waals surface area contributed by atoms with Crippen LogP contribution in [0.15, 0.2) is 23.3 Å². The molecule has 0 radical (unpaired) electrons. The third-order valence-corrected chi connectivity index (χ3v) is 1.10. The first-order chi connectivity index (χ1) is 5.74. The van der Waals surface area contributed by atoms with Crippen molar-refractivity contribution in [1.29, 1.82) is 0 Å². The molecule has 0 unspecified atom stereocenters. The highest BCUT2D eigenvalue weighted by Crippen LogP contribution is 2.12. The number of aliphatic imine (C=N–C) groups is 1. The molecule has 1 aromatic rings. The number of nitrogens with zero attached hydrogens (tertiary/aromatic N) is 3. The van der Waals surface area contributed by atoms with E-state index in [2.05, 4.69) is 9.98 Å². The number of hydrogen-bond acceptors (Lipinski definition) is 5. The normalized spacial score (nSPS) is 8.67. The average molecular weight is 165 g/mol. The number of carbonyl (C=O) groups excluding carboxylic acids is 1. The van der Waals surface area contributed by atoms with Gasteiger partial charge >= 0.3 is 0 Å². The minimum Gasteiger partial charge on any atom is -0.258 e. The lowest BCUT2D eigenvalue weighted by Crippen LogP contribution is -1.87. The van der Waals surface area contributed by atoms with Gasteiger partial charge in [-0.05, 0) is 6.07 Å². The van der Waals surface area contributed by atoms with Crippen LogP contribution in [0.3, 0.4) is 0 Å². The van der Waals surface area contributed by atoms with Crippen LogP contribution < -0.4 is 0 Å². The van der Waals surface area contributed by atoms with Gasteiger partial charge in [0.15, 0.2) is 5.82 Å². The summed E-state index contributed by atoms with van der Waals surface area (Å²) in [5.74, 6) is 0.107. The number of rotatable bonds is 2. The van der Waals surface area contributed by atoms with Gasteiger partial charge in [0.2, 0.25) is 6.08 Å². The number of hydrogen-bond donors (Lipinski definition) is 0. The second-order valence-corrected chi connectivity index (χ2v) is 1.83. The van der Waals surface area contributed by atoms with E-state index in [9.17, 15) is 14.9 Å². The first kappa shape index (κ1) is 8.03. The van der Waals surface area contributed by atoms with Crippen LogP contribution in [-0.4, -0.2) is 16.0 Å². The maximum absolute atomic E-state index is 10.1. The number of isocyanates is 1. The Hall–Kier alpha value is -2.07. The molecule has 0 bridgehead atoms. The second kappa shape index (κ2) is 3.36. The molecule has 0 fully saturated rings. The molecule has 0 amide bonds. The number of aromatic nitrogens is 1. The van der Waals surface area contributed by atoms with Crippen LogP contribution in [0.4, 0.5) is 11.5 Å². The molecule has 12 heavy (non-hydrogen) atoms. The highest BCUT2D eigenvalue weighted by molar-refractivity contribution is 5.45. The van der Waals surface area contributed by atoms with E-state index in [1.54, 1.807) is 0 Å². The topological polar surface area (TPSA) is 85.5 Å². The lowest BCUT2D eigenvalue weighted by molar-refractivity contribution is -0.385. The van der Waals surface area contributed by atoms with Gasteiger partial charge in [0, 0.05) is 6.07 Å². The molecule has 0 aromatic carbocycles. The minimum absolute atomic E-state index is 0.107. The summed E-state index contributed by atoms with van der Waals surface area (Å²) in [6.45, 7) is 0. The molecule has 6 heteroatoms. The highest BCUT2D eigenvalue weighted by atomic mass is 16.6. The summed E-state index contributed by atoms with van der Waals surface area (Å²) in [5, 5.41) is 10.1. The fourth-order valence-electron chi connectivity index (χ4n) is 0.599. The number of nitro groups is 1. The lowest BCUT2D eigenvalue weighted by atomic mass is 10.4. The van der Waals surface area contributed by atoms with Crippen molar-refractivity contribution >= 4 is 17.6 Å². The molecular weight excluding hydrogens is 162 g/mol. The molecule has 1 aromatic heterocycles. The van der Waals surface area contributed by atoms with E-state index in [0.29, 0.717) is 0 Å². The molecule has 60 valence electrons. The van der Waals surface area contributed by atoms with Crippen molar-refractivity contribution in [3.63, 3.8) is 0 Å². The van der Waals surface area contributed by atoms with E-state index in [1.807, 2.05) is 0 Å². The lowest BCUT2D eigenvalue weighted by Gasteiger charge is -1.89. The van der Waals surface area contributed by atoms with Crippen LogP contribution >= 0.6 is 0 Å². The Bertz CT molecular complexity index is 319. The molecular formula is C6H3N3O3. The van der Waals surface area contributed by atoms with Crippen LogP contribution in [0.5, 0.6) is 0 Å². The Kier molecular flexibility index (Phi) is 2.25. The van der Waals surface area contributed by atoms with Crippen molar-refractivity contribution in [2.45, 2.75) is 0 Å². The fraction of sp³-hybridized carbons (Fsp3) is 0. The summed E-state index contributed by atoms with van der Waals surface area (Å²) < 4.78 is 0. The molecule has 0 N–H and O–H groups in total. The van der Waals surface area contributed by atoms with Gasteiger partial charge in [-0.3, -0.25) is 10.1 Å². The summed E-state index contributed by atoms with van der Waals surface area (Å²) in [6.07, 6.45) is 2.30. The van der Waals surface area contributed by atoms with E-state index < -0.39 is 4.92 Å². The molecule has 0 atom stereocenters. The summed E-state index contributed by atoms with van der Waals surface area (Å²) >= 11 is 0. The van der Waals surface area contributed by atoms with Gasteiger partial charge in [-0.25, -0.2) is 9.78 Å². The third-order valence-electron chi connectivity index (χ3n) is 1.10. The first-order valence-electron chi connectivity index (χ1n) is 2.92. The van der Waals surface area contributed by atoms with E-state index in [0.717, 1.165) is 6.20 Å². The standard InChI is InChI=1S/C6H3N3O3/c10-4-8-6-2-1-5(3-7-6)9(11)12/h1-3H. The molecule has 0 saturated carbocycles. The molecule has 0 saturated heterocycles. The van der Waals surface area contributed by atoms with E-state index >= 15 is 0 Å². The van der Waals surface area contributed by atoms with Gasteiger partial charge in [0.25, 0.3) is 5.69 Å². The SMILES string of the molecule is O=C=Nc1ccc([N+](=O)[O-])cn1. The zero-order valence-electron chi connectivity index (χ0n) is 5.80. The maximum atomic E-state index is 10.1. The van der Waals surface area contributed by atoms with E-state index in [4.69, 9.17) is 0 Å². The third kappa shape index (κ3) is 1.71. The van der Waals surface area contributed by atoms with Crippen LogP contribution in [0.25, 0.3) is 0 Å². The van der Waals surface area contributed by atoms with Gasteiger partial charge in [0.1, 0.15) is 6.20 Å². The van der Waals surface area contributed by atoms with Gasteiger partial charge in [-0.2, -0.15) is 0 Å². The van der Waals surface area contributed by atoms with Gasteiger partial charge in [0.05, 0.1) is 4.92 Å². The summed E-state index contributed by atoms with van der Waals surface area (Å²) in [5.41, 5.74) is -0.139. The molecule has 0 aliphatic rings. The summed E-state index contributed by atoms with van der Waals surface area (Å²) in [4.78, 5) is 26.0. The first-order valence-corrected chi connectivity index (χ1v) is 2.92. The van der Waals surface area contributed by atoms with E-state index in [1.165, 1.54) is 18.2 Å². The number of pyridine rings is 1. The van der Waals surface area contributed by atoms with Crippen molar-refractivity contribution in [3.8, 4) is 0 Å². The van der Waals surface area contributed by atoms with E-state index in [-0.39, 0.29) is 11.5 Å². The smallest absolute Gasteiger partial charge is 0.258 e. The highest BCUT2D eigenvalue weighted by Gasteiger charge is 2.03. The van der Waals surface area contributed by atoms with Crippen LogP contribution in [0.1, 0.15) is 0 Å². The van der Waals surface area contributed by atoms with Gasteiger partial charge < -0.3 is 0 Å². The van der Waals surface area contributed by atoms with Crippen LogP contribution in [0.2, 0.25) is 0 Å². The van der Waals surface area contributed by atoms with Crippen molar-refractivity contribution in [2.24, 2.45) is 4.99 Å². The Morgan fingerprint density at radius 1 is 1.58 bits per heavy atom. The van der Waals surface area contributed by atoms with Crippen LogP contribution in [0, 0.1) is 10.1 Å². The maximum Gasteiger partial charge on any atom is 0.287 e. The minimum atomic E-state index is -0.582.